The van der Waals surface area contributed by atoms with E-state index < -0.39 is 33.0 Å². The lowest BCUT2D eigenvalue weighted by molar-refractivity contribution is -0.384. The number of halogens is 1. The molecule has 174 valence electrons. The SMILES string of the molecule is O=C(O)C1=CC[C@@H](c2ccccc2)N(S(=O)(=O)c2ccc([N+](=O)[O-])cc2)[C@H]1c1cccc(Cl)c1. The van der Waals surface area contributed by atoms with Crippen molar-refractivity contribution < 1.29 is 23.2 Å². The molecule has 0 aliphatic carbocycles. The number of aliphatic carboxylic acids is 1. The fourth-order valence-corrected chi connectivity index (χ4v) is 6.08. The van der Waals surface area contributed by atoms with E-state index in [1.807, 2.05) is 0 Å². The maximum atomic E-state index is 14.0. The predicted molar refractivity (Wildman–Crippen MR) is 126 cm³/mol. The second kappa shape index (κ2) is 9.38. The van der Waals surface area contributed by atoms with Gasteiger partial charge in [0.15, 0.2) is 0 Å². The third kappa shape index (κ3) is 4.45. The van der Waals surface area contributed by atoms with Gasteiger partial charge in [-0.25, -0.2) is 13.2 Å². The van der Waals surface area contributed by atoms with Gasteiger partial charge in [0, 0.05) is 17.2 Å². The molecule has 4 rings (SSSR count). The van der Waals surface area contributed by atoms with E-state index in [-0.39, 0.29) is 22.6 Å². The van der Waals surface area contributed by atoms with Gasteiger partial charge in [-0.05, 0) is 41.8 Å². The van der Waals surface area contributed by atoms with Crippen LogP contribution in [0.5, 0.6) is 0 Å². The van der Waals surface area contributed by atoms with E-state index in [0.717, 1.165) is 24.3 Å². The fourth-order valence-electron chi connectivity index (χ4n) is 4.10. The monoisotopic (exact) mass is 498 g/mol. The number of nitro benzene ring substituents is 1. The maximum Gasteiger partial charge on any atom is 0.333 e. The van der Waals surface area contributed by atoms with E-state index in [1.54, 1.807) is 48.5 Å². The van der Waals surface area contributed by atoms with E-state index in [2.05, 4.69) is 0 Å². The topological polar surface area (TPSA) is 118 Å². The van der Waals surface area contributed by atoms with Crippen LogP contribution in [0.1, 0.15) is 29.6 Å². The van der Waals surface area contributed by atoms with Crippen LogP contribution in [0.4, 0.5) is 5.69 Å². The lowest BCUT2D eigenvalue weighted by Crippen LogP contribution is -2.42. The summed E-state index contributed by atoms with van der Waals surface area (Å²) in [5.74, 6) is -1.25. The molecule has 1 N–H and O–H groups in total. The molecule has 1 aliphatic heterocycles. The number of nitro groups is 1. The highest BCUT2D eigenvalue weighted by Gasteiger charge is 2.44. The number of benzene rings is 3. The highest BCUT2D eigenvalue weighted by atomic mass is 35.5. The summed E-state index contributed by atoms with van der Waals surface area (Å²) in [7, 11) is -4.31. The molecular weight excluding hydrogens is 480 g/mol. The smallest absolute Gasteiger partial charge is 0.333 e. The molecule has 3 aromatic carbocycles. The zero-order valence-electron chi connectivity index (χ0n) is 17.6. The number of hydrogen-bond donors (Lipinski definition) is 1. The summed E-state index contributed by atoms with van der Waals surface area (Å²) in [6, 6.07) is 17.9. The summed E-state index contributed by atoms with van der Waals surface area (Å²) >= 11 is 6.17. The third-order valence-electron chi connectivity index (χ3n) is 5.64. The molecule has 3 aromatic rings. The molecule has 8 nitrogen and oxygen atoms in total. The zero-order chi connectivity index (χ0) is 24.5. The van der Waals surface area contributed by atoms with Gasteiger partial charge in [-0.15, -0.1) is 0 Å². The Morgan fingerprint density at radius 2 is 1.65 bits per heavy atom. The number of carbonyl (C=O) groups is 1. The molecular formula is C24H19ClN2O6S. The molecule has 1 heterocycles. The third-order valence-corrected chi connectivity index (χ3v) is 7.76. The van der Waals surface area contributed by atoms with Gasteiger partial charge in [-0.1, -0.05) is 60.1 Å². The Morgan fingerprint density at radius 3 is 2.24 bits per heavy atom. The second-order valence-corrected chi connectivity index (χ2v) is 9.95. The number of carboxylic acids is 1. The molecule has 0 spiro atoms. The Bertz CT molecular complexity index is 1370. The molecule has 0 fully saturated rings. The Balaban J connectivity index is 1.95. The van der Waals surface area contributed by atoms with Crippen LogP contribution in [0, 0.1) is 10.1 Å². The van der Waals surface area contributed by atoms with Crippen LogP contribution in [-0.4, -0.2) is 28.7 Å². The van der Waals surface area contributed by atoms with Crippen molar-refractivity contribution in [2.24, 2.45) is 0 Å². The quantitative estimate of drug-likeness (QED) is 0.371. The first kappa shape index (κ1) is 23.6. The minimum atomic E-state index is -4.31. The summed E-state index contributed by atoms with van der Waals surface area (Å²) in [4.78, 5) is 22.4. The molecule has 10 heteroatoms. The van der Waals surface area contributed by atoms with Crippen molar-refractivity contribution in [1.82, 2.24) is 4.31 Å². The van der Waals surface area contributed by atoms with Crippen LogP contribution in [0.15, 0.2) is 95.4 Å². The van der Waals surface area contributed by atoms with Gasteiger partial charge in [0.1, 0.15) is 0 Å². The largest absolute Gasteiger partial charge is 0.478 e. The van der Waals surface area contributed by atoms with E-state index in [1.165, 1.54) is 16.4 Å². The first-order chi connectivity index (χ1) is 16.2. The molecule has 1 aliphatic rings. The maximum absolute atomic E-state index is 14.0. The molecule has 0 radical (unpaired) electrons. The van der Waals surface area contributed by atoms with Crippen molar-refractivity contribution in [3.8, 4) is 0 Å². The Hall–Kier alpha value is -3.53. The van der Waals surface area contributed by atoms with Crippen molar-refractivity contribution in [3.63, 3.8) is 0 Å². The number of hydrogen-bond acceptors (Lipinski definition) is 5. The highest BCUT2D eigenvalue weighted by molar-refractivity contribution is 7.89. The van der Waals surface area contributed by atoms with Crippen LogP contribution in [0.2, 0.25) is 5.02 Å². The first-order valence-corrected chi connectivity index (χ1v) is 12.0. The Labute approximate surface area is 200 Å². The summed E-state index contributed by atoms with van der Waals surface area (Å²) in [5, 5.41) is 21.3. The summed E-state index contributed by atoms with van der Waals surface area (Å²) < 4.78 is 29.1. The molecule has 0 aromatic heterocycles. The van der Waals surface area contributed by atoms with Gasteiger partial charge in [0.2, 0.25) is 10.0 Å². The molecule has 2 atom stereocenters. The van der Waals surface area contributed by atoms with Crippen LogP contribution >= 0.6 is 11.6 Å². The molecule has 0 saturated carbocycles. The van der Waals surface area contributed by atoms with Crippen LogP contribution in [0.25, 0.3) is 0 Å². The van der Waals surface area contributed by atoms with Crippen LogP contribution in [-0.2, 0) is 14.8 Å². The predicted octanol–water partition coefficient (Wildman–Crippen LogP) is 5.14. The number of nitrogens with zero attached hydrogens (tertiary/aromatic N) is 2. The second-order valence-electron chi connectivity index (χ2n) is 7.67. The van der Waals surface area contributed by atoms with Gasteiger partial charge in [0.05, 0.1) is 27.5 Å². The summed E-state index contributed by atoms with van der Waals surface area (Å²) in [6.45, 7) is 0. The molecule has 34 heavy (non-hydrogen) atoms. The fraction of sp³-hybridized carbons (Fsp3) is 0.125. The number of rotatable bonds is 6. The van der Waals surface area contributed by atoms with Crippen LogP contribution < -0.4 is 0 Å². The molecule has 0 saturated heterocycles. The van der Waals surface area contributed by atoms with E-state index in [4.69, 9.17) is 11.6 Å². The number of sulfonamides is 1. The minimum absolute atomic E-state index is 0.0973. The average Bonchev–Trinajstić information content (AvgIpc) is 2.83. The Morgan fingerprint density at radius 1 is 1.00 bits per heavy atom. The van der Waals surface area contributed by atoms with Crippen LogP contribution in [0.3, 0.4) is 0 Å². The van der Waals surface area contributed by atoms with Gasteiger partial charge < -0.3 is 5.11 Å². The molecule has 0 amide bonds. The van der Waals surface area contributed by atoms with Crippen molar-refractivity contribution in [3.05, 3.63) is 117 Å². The van der Waals surface area contributed by atoms with E-state index in [9.17, 15) is 28.4 Å². The standard InChI is InChI=1S/C24H19ClN2O6S/c25-18-8-4-7-17(15-18)23-21(24(28)29)13-14-22(16-5-2-1-3-6-16)26(23)34(32,33)20-11-9-19(10-12-20)27(30)31/h1-13,15,22-23H,14H2,(H,28,29)/t22-,23-/m0/s1. The minimum Gasteiger partial charge on any atom is -0.478 e. The number of non-ortho nitro benzene ring substituents is 1. The van der Waals surface area contributed by atoms with Gasteiger partial charge in [0.25, 0.3) is 5.69 Å². The van der Waals surface area contributed by atoms with Crippen molar-refractivity contribution in [2.75, 3.05) is 0 Å². The van der Waals surface area contributed by atoms with Crippen molar-refractivity contribution in [1.29, 1.82) is 0 Å². The van der Waals surface area contributed by atoms with E-state index >= 15 is 0 Å². The zero-order valence-corrected chi connectivity index (χ0v) is 19.2. The summed E-state index contributed by atoms with van der Waals surface area (Å²) in [5.41, 5.74) is 0.725. The lowest BCUT2D eigenvalue weighted by Gasteiger charge is -2.40. The first-order valence-electron chi connectivity index (χ1n) is 10.2. The highest BCUT2D eigenvalue weighted by Crippen LogP contribution is 2.46. The van der Waals surface area contributed by atoms with Crippen molar-refractivity contribution >= 4 is 33.3 Å². The Kier molecular flexibility index (Phi) is 6.52. The van der Waals surface area contributed by atoms with Crippen molar-refractivity contribution in [2.45, 2.75) is 23.4 Å². The summed E-state index contributed by atoms with van der Waals surface area (Å²) in [6.07, 6.45) is 1.67. The number of carboxylic acid groups (broad SMARTS) is 1. The molecule has 0 unspecified atom stereocenters. The average molecular weight is 499 g/mol. The van der Waals surface area contributed by atoms with Gasteiger partial charge in [-0.3, -0.25) is 10.1 Å². The van der Waals surface area contributed by atoms with Gasteiger partial charge >= 0.3 is 5.97 Å². The lowest BCUT2D eigenvalue weighted by atomic mass is 9.89. The molecule has 0 bridgehead atoms. The van der Waals surface area contributed by atoms with E-state index in [0.29, 0.717) is 16.1 Å². The van der Waals surface area contributed by atoms with Gasteiger partial charge in [-0.2, -0.15) is 4.31 Å². The normalized spacial score (nSPS) is 18.8.